The van der Waals surface area contributed by atoms with Crippen molar-refractivity contribution in [1.82, 2.24) is 5.32 Å². The predicted molar refractivity (Wildman–Crippen MR) is 76.8 cm³/mol. The Balaban J connectivity index is 4.13. The Kier molecular flexibility index (Phi) is 7.08. The summed E-state index contributed by atoms with van der Waals surface area (Å²) in [5, 5.41) is 3.13. The Labute approximate surface area is 113 Å². The monoisotopic (exact) mass is 257 g/mol. The van der Waals surface area contributed by atoms with Gasteiger partial charge in [0.05, 0.1) is 5.60 Å². The molecule has 0 aliphatic heterocycles. The Hall–Kier alpha value is -0.410. The molecule has 0 aromatic carbocycles. The van der Waals surface area contributed by atoms with Gasteiger partial charge in [-0.15, -0.1) is 0 Å². The molecule has 0 amide bonds. The lowest BCUT2D eigenvalue weighted by molar-refractivity contribution is -0.132. The van der Waals surface area contributed by atoms with Crippen LogP contribution in [0.4, 0.5) is 0 Å². The highest BCUT2D eigenvalue weighted by Crippen LogP contribution is 2.26. The van der Waals surface area contributed by atoms with Gasteiger partial charge < -0.3 is 10.1 Å². The second-order valence-electron chi connectivity index (χ2n) is 6.61. The van der Waals surface area contributed by atoms with E-state index in [1.807, 2.05) is 34.7 Å². The molecular formula is C15H31NO2. The van der Waals surface area contributed by atoms with Crippen LogP contribution in [-0.4, -0.2) is 31.6 Å². The van der Waals surface area contributed by atoms with E-state index in [1.54, 1.807) is 0 Å². The summed E-state index contributed by atoms with van der Waals surface area (Å²) in [5.41, 5.74) is -0.410. The van der Waals surface area contributed by atoms with Gasteiger partial charge in [-0.2, -0.15) is 0 Å². The first-order valence-electron chi connectivity index (χ1n) is 6.95. The molecule has 0 aliphatic carbocycles. The summed E-state index contributed by atoms with van der Waals surface area (Å²) >= 11 is 0. The van der Waals surface area contributed by atoms with Crippen LogP contribution in [-0.2, 0) is 9.53 Å². The molecule has 0 aromatic heterocycles. The third kappa shape index (κ3) is 6.50. The van der Waals surface area contributed by atoms with E-state index in [4.69, 9.17) is 4.74 Å². The van der Waals surface area contributed by atoms with E-state index < -0.39 is 0 Å². The number of nitrogens with one attached hydrogen (secondary N) is 1. The highest BCUT2D eigenvalue weighted by atomic mass is 16.5. The molecule has 0 atom stereocenters. The Morgan fingerprint density at radius 1 is 1.17 bits per heavy atom. The number of Topliss-reactive ketones (excluding diaryl/α,β-unsaturated/α-hetero) is 1. The summed E-state index contributed by atoms with van der Waals surface area (Å²) < 4.78 is 5.91. The number of hydrogen-bond acceptors (Lipinski definition) is 3. The van der Waals surface area contributed by atoms with Crippen LogP contribution >= 0.6 is 0 Å². The molecule has 0 aliphatic rings. The minimum absolute atomic E-state index is 0.0947. The number of ketones is 1. The molecule has 108 valence electrons. The fourth-order valence-electron chi connectivity index (χ4n) is 1.99. The SMILES string of the molecule is CNCCC(C)(C)OCCC(C)(C)C(=O)C(C)C. The van der Waals surface area contributed by atoms with Crippen molar-refractivity contribution in [3.63, 3.8) is 0 Å². The maximum Gasteiger partial charge on any atom is 0.141 e. The number of carbonyl (C=O) groups excluding carboxylic acids is 1. The van der Waals surface area contributed by atoms with Crippen molar-refractivity contribution < 1.29 is 9.53 Å². The third-order valence-corrected chi connectivity index (χ3v) is 3.39. The molecule has 0 saturated carbocycles. The van der Waals surface area contributed by atoms with Gasteiger partial charge in [0.2, 0.25) is 0 Å². The number of ether oxygens (including phenoxy) is 1. The van der Waals surface area contributed by atoms with Gasteiger partial charge in [-0.3, -0.25) is 4.79 Å². The maximum absolute atomic E-state index is 12.0. The minimum atomic E-state index is -0.284. The highest BCUT2D eigenvalue weighted by molar-refractivity contribution is 5.85. The van der Waals surface area contributed by atoms with Crippen LogP contribution in [0.5, 0.6) is 0 Å². The van der Waals surface area contributed by atoms with E-state index in [1.165, 1.54) is 0 Å². The van der Waals surface area contributed by atoms with Crippen molar-refractivity contribution in [3.05, 3.63) is 0 Å². The molecule has 0 heterocycles. The largest absolute Gasteiger partial charge is 0.375 e. The predicted octanol–water partition coefficient (Wildman–Crippen LogP) is 3.03. The fourth-order valence-corrected chi connectivity index (χ4v) is 1.99. The van der Waals surface area contributed by atoms with E-state index in [2.05, 4.69) is 19.2 Å². The molecule has 0 unspecified atom stereocenters. The topological polar surface area (TPSA) is 38.3 Å². The Bertz CT molecular complexity index is 257. The van der Waals surface area contributed by atoms with Gasteiger partial charge in [0.1, 0.15) is 5.78 Å². The van der Waals surface area contributed by atoms with Gasteiger partial charge in [0, 0.05) is 17.9 Å². The lowest BCUT2D eigenvalue weighted by Gasteiger charge is -2.29. The molecule has 0 spiro atoms. The minimum Gasteiger partial charge on any atom is -0.375 e. The van der Waals surface area contributed by atoms with Crippen LogP contribution in [0.2, 0.25) is 0 Å². The first-order chi connectivity index (χ1) is 8.12. The van der Waals surface area contributed by atoms with Gasteiger partial charge in [0.15, 0.2) is 0 Å². The fraction of sp³-hybridized carbons (Fsp3) is 0.933. The van der Waals surface area contributed by atoms with Gasteiger partial charge in [-0.25, -0.2) is 0 Å². The first kappa shape index (κ1) is 17.6. The van der Waals surface area contributed by atoms with Crippen LogP contribution in [0.1, 0.15) is 54.4 Å². The maximum atomic E-state index is 12.0. The van der Waals surface area contributed by atoms with Gasteiger partial charge in [-0.1, -0.05) is 27.7 Å². The van der Waals surface area contributed by atoms with Crippen LogP contribution < -0.4 is 5.32 Å². The van der Waals surface area contributed by atoms with Crippen molar-refractivity contribution in [2.24, 2.45) is 11.3 Å². The summed E-state index contributed by atoms with van der Waals surface area (Å²) in [6.07, 6.45) is 1.76. The summed E-state index contributed by atoms with van der Waals surface area (Å²) in [6, 6.07) is 0. The summed E-state index contributed by atoms with van der Waals surface area (Å²) in [5.74, 6) is 0.413. The van der Waals surface area contributed by atoms with Crippen LogP contribution in [0.3, 0.4) is 0 Å². The van der Waals surface area contributed by atoms with Crippen molar-refractivity contribution in [2.75, 3.05) is 20.2 Å². The van der Waals surface area contributed by atoms with E-state index in [0.717, 1.165) is 19.4 Å². The molecule has 0 fully saturated rings. The molecule has 3 nitrogen and oxygen atoms in total. The molecular weight excluding hydrogens is 226 g/mol. The van der Waals surface area contributed by atoms with Crippen molar-refractivity contribution >= 4 is 5.78 Å². The standard InChI is InChI=1S/C15H31NO2/c1-12(2)13(17)14(3,4)9-11-18-15(5,6)8-10-16-7/h12,16H,8-11H2,1-7H3. The lowest BCUT2D eigenvalue weighted by atomic mass is 9.80. The normalized spacial score (nSPS) is 13.1. The molecule has 1 N–H and O–H groups in total. The van der Waals surface area contributed by atoms with Crippen LogP contribution in [0.15, 0.2) is 0 Å². The zero-order chi connectivity index (χ0) is 14.4. The van der Waals surface area contributed by atoms with E-state index in [-0.39, 0.29) is 16.9 Å². The Morgan fingerprint density at radius 2 is 1.72 bits per heavy atom. The van der Waals surface area contributed by atoms with Crippen molar-refractivity contribution in [3.8, 4) is 0 Å². The van der Waals surface area contributed by atoms with Gasteiger partial charge >= 0.3 is 0 Å². The molecule has 3 heteroatoms. The summed E-state index contributed by atoms with van der Waals surface area (Å²) in [6.45, 7) is 13.7. The molecule has 0 saturated heterocycles. The molecule has 18 heavy (non-hydrogen) atoms. The lowest BCUT2D eigenvalue weighted by Crippen LogP contribution is -2.33. The average Bonchev–Trinajstić information content (AvgIpc) is 2.24. The third-order valence-electron chi connectivity index (χ3n) is 3.39. The molecule has 0 aromatic rings. The first-order valence-corrected chi connectivity index (χ1v) is 6.95. The zero-order valence-electron chi connectivity index (χ0n) is 13.2. The van der Waals surface area contributed by atoms with E-state index in [9.17, 15) is 4.79 Å². The second kappa shape index (κ2) is 7.25. The van der Waals surface area contributed by atoms with Crippen molar-refractivity contribution in [2.45, 2.75) is 60.0 Å². The number of hydrogen-bond donors (Lipinski definition) is 1. The molecule has 0 bridgehead atoms. The Morgan fingerprint density at radius 3 is 2.17 bits per heavy atom. The van der Waals surface area contributed by atoms with E-state index >= 15 is 0 Å². The average molecular weight is 257 g/mol. The zero-order valence-corrected chi connectivity index (χ0v) is 13.2. The molecule has 0 rings (SSSR count). The van der Waals surface area contributed by atoms with Crippen LogP contribution in [0.25, 0.3) is 0 Å². The second-order valence-corrected chi connectivity index (χ2v) is 6.61. The van der Waals surface area contributed by atoms with Crippen molar-refractivity contribution in [1.29, 1.82) is 0 Å². The summed E-state index contributed by atoms with van der Waals surface area (Å²) in [7, 11) is 1.94. The van der Waals surface area contributed by atoms with Gasteiger partial charge in [0.25, 0.3) is 0 Å². The molecule has 0 radical (unpaired) electrons. The highest BCUT2D eigenvalue weighted by Gasteiger charge is 2.30. The van der Waals surface area contributed by atoms with Gasteiger partial charge in [-0.05, 0) is 40.3 Å². The quantitative estimate of drug-likeness (QED) is 0.690. The van der Waals surface area contributed by atoms with E-state index in [0.29, 0.717) is 12.4 Å². The number of rotatable bonds is 9. The van der Waals surface area contributed by atoms with Crippen LogP contribution in [0, 0.1) is 11.3 Å². The number of carbonyl (C=O) groups is 1. The summed E-state index contributed by atoms with van der Waals surface area (Å²) in [4.78, 5) is 12.0. The smallest absolute Gasteiger partial charge is 0.141 e.